The Bertz CT molecular complexity index is 740. The van der Waals surface area contributed by atoms with Gasteiger partial charge in [0.2, 0.25) is 17.7 Å². The molecule has 0 fully saturated rings. The number of benzene rings is 1. The minimum Gasteiger partial charge on any atom is -0.411 e. The van der Waals surface area contributed by atoms with E-state index in [-0.39, 0.29) is 17.6 Å². The summed E-state index contributed by atoms with van der Waals surface area (Å²) in [5, 5.41) is 13.6. The van der Waals surface area contributed by atoms with Crippen molar-refractivity contribution in [3.63, 3.8) is 0 Å². The maximum atomic E-state index is 11.9. The molecule has 1 aromatic heterocycles. The van der Waals surface area contributed by atoms with Crippen molar-refractivity contribution >= 4 is 23.6 Å². The van der Waals surface area contributed by atoms with E-state index in [0.29, 0.717) is 17.7 Å². The van der Waals surface area contributed by atoms with Crippen LogP contribution in [0.15, 0.2) is 27.8 Å². The average molecular weight is 362 g/mol. The van der Waals surface area contributed by atoms with Gasteiger partial charge in [-0.05, 0) is 39.8 Å². The highest BCUT2D eigenvalue weighted by Gasteiger charge is 2.16. The zero-order chi connectivity index (χ0) is 18.4. The standard InChI is InChI=1S/C17H22N4O3S/c1-5-18-15(23)12(4)19-14(22)9-25-17-21-20-16(24-17)13-7-10(2)6-11(3)8-13/h6-8,12H,5,9H2,1-4H3,(H,18,23)(H,19,22)/t12-/m1/s1. The van der Waals surface area contributed by atoms with Crippen LogP contribution < -0.4 is 10.6 Å². The number of carbonyl (C=O) groups is 2. The van der Waals surface area contributed by atoms with Gasteiger partial charge in [0.15, 0.2) is 0 Å². The number of rotatable bonds is 7. The number of thioether (sulfide) groups is 1. The first-order chi connectivity index (χ1) is 11.9. The van der Waals surface area contributed by atoms with Crippen molar-refractivity contribution in [1.82, 2.24) is 20.8 Å². The van der Waals surface area contributed by atoms with E-state index < -0.39 is 6.04 Å². The van der Waals surface area contributed by atoms with Crippen molar-refractivity contribution in [3.05, 3.63) is 29.3 Å². The molecule has 134 valence electrons. The first-order valence-electron chi connectivity index (χ1n) is 8.01. The van der Waals surface area contributed by atoms with E-state index in [1.165, 1.54) is 0 Å². The molecule has 25 heavy (non-hydrogen) atoms. The third-order valence-electron chi connectivity index (χ3n) is 3.32. The van der Waals surface area contributed by atoms with Crippen LogP contribution in [0.3, 0.4) is 0 Å². The second kappa shape index (κ2) is 8.66. The third-order valence-corrected chi connectivity index (χ3v) is 4.14. The molecule has 1 heterocycles. The predicted octanol–water partition coefficient (Wildman–Crippen LogP) is 2.09. The molecule has 8 heteroatoms. The van der Waals surface area contributed by atoms with Crippen LogP contribution >= 0.6 is 11.8 Å². The van der Waals surface area contributed by atoms with E-state index >= 15 is 0 Å². The Morgan fingerprint density at radius 1 is 1.20 bits per heavy atom. The van der Waals surface area contributed by atoms with Crippen LogP contribution in [0.4, 0.5) is 0 Å². The third kappa shape index (κ3) is 5.60. The van der Waals surface area contributed by atoms with Crippen LogP contribution in [0.1, 0.15) is 25.0 Å². The summed E-state index contributed by atoms with van der Waals surface area (Å²) in [6, 6.07) is 5.42. The molecule has 0 saturated heterocycles. The lowest BCUT2D eigenvalue weighted by Gasteiger charge is -2.12. The lowest BCUT2D eigenvalue weighted by molar-refractivity contribution is -0.127. The Kier molecular flexibility index (Phi) is 6.58. The van der Waals surface area contributed by atoms with E-state index in [0.717, 1.165) is 28.5 Å². The molecule has 1 aromatic carbocycles. The van der Waals surface area contributed by atoms with E-state index in [2.05, 4.69) is 26.9 Å². The molecule has 2 N–H and O–H groups in total. The topological polar surface area (TPSA) is 97.1 Å². The molecule has 0 aliphatic rings. The van der Waals surface area contributed by atoms with Gasteiger partial charge in [0, 0.05) is 12.1 Å². The summed E-state index contributed by atoms with van der Waals surface area (Å²) in [6.45, 7) is 7.99. The van der Waals surface area contributed by atoms with Gasteiger partial charge in [-0.1, -0.05) is 29.0 Å². The van der Waals surface area contributed by atoms with E-state index in [9.17, 15) is 9.59 Å². The van der Waals surface area contributed by atoms with Gasteiger partial charge in [-0.25, -0.2) is 0 Å². The predicted molar refractivity (Wildman–Crippen MR) is 96.2 cm³/mol. The fourth-order valence-electron chi connectivity index (χ4n) is 2.29. The first-order valence-corrected chi connectivity index (χ1v) is 8.99. The minimum atomic E-state index is -0.582. The quantitative estimate of drug-likeness (QED) is 0.732. The number of aryl methyl sites for hydroxylation is 2. The summed E-state index contributed by atoms with van der Waals surface area (Å²) in [6.07, 6.45) is 0. The fraction of sp³-hybridized carbons (Fsp3) is 0.412. The summed E-state index contributed by atoms with van der Waals surface area (Å²) in [5.74, 6) is 0.0362. The molecule has 0 radical (unpaired) electrons. The molecular weight excluding hydrogens is 340 g/mol. The number of nitrogens with one attached hydrogen (secondary N) is 2. The minimum absolute atomic E-state index is 0.0955. The van der Waals surface area contributed by atoms with Crippen molar-refractivity contribution in [3.8, 4) is 11.5 Å². The van der Waals surface area contributed by atoms with Crippen molar-refractivity contribution in [2.75, 3.05) is 12.3 Å². The lowest BCUT2D eigenvalue weighted by Crippen LogP contribution is -2.45. The van der Waals surface area contributed by atoms with Crippen LogP contribution in [0.2, 0.25) is 0 Å². The highest BCUT2D eigenvalue weighted by molar-refractivity contribution is 7.99. The SMILES string of the molecule is CCNC(=O)[C@@H](C)NC(=O)CSc1nnc(-c2cc(C)cc(C)c2)o1. The number of carbonyl (C=O) groups excluding carboxylic acids is 2. The van der Waals surface area contributed by atoms with Crippen molar-refractivity contribution in [2.45, 2.75) is 39.0 Å². The number of hydrogen-bond acceptors (Lipinski definition) is 6. The second-order valence-corrected chi connectivity index (χ2v) is 6.65. The van der Waals surface area contributed by atoms with E-state index in [1.54, 1.807) is 6.92 Å². The molecule has 0 saturated carbocycles. The highest BCUT2D eigenvalue weighted by atomic mass is 32.2. The van der Waals surface area contributed by atoms with Crippen LogP contribution in [0, 0.1) is 13.8 Å². The maximum Gasteiger partial charge on any atom is 0.277 e. The molecule has 1 atom stereocenters. The van der Waals surface area contributed by atoms with Crippen molar-refractivity contribution < 1.29 is 14.0 Å². The Morgan fingerprint density at radius 3 is 2.52 bits per heavy atom. The molecule has 0 aliphatic carbocycles. The molecule has 2 aromatic rings. The zero-order valence-corrected chi connectivity index (χ0v) is 15.6. The molecule has 0 aliphatic heterocycles. The van der Waals surface area contributed by atoms with Gasteiger partial charge in [-0.3, -0.25) is 9.59 Å². The van der Waals surface area contributed by atoms with Crippen molar-refractivity contribution in [1.29, 1.82) is 0 Å². The summed E-state index contributed by atoms with van der Waals surface area (Å²) in [5.41, 5.74) is 3.08. The van der Waals surface area contributed by atoms with Crippen molar-refractivity contribution in [2.24, 2.45) is 0 Å². The summed E-state index contributed by atoms with van der Waals surface area (Å²) >= 11 is 1.14. The van der Waals surface area contributed by atoms with Crippen LogP contribution in [0.5, 0.6) is 0 Å². The Balaban J connectivity index is 1.91. The highest BCUT2D eigenvalue weighted by Crippen LogP contribution is 2.24. The number of likely N-dealkylation sites (N-methyl/N-ethyl adjacent to an activating group) is 1. The summed E-state index contributed by atoms with van der Waals surface area (Å²) in [7, 11) is 0. The van der Waals surface area contributed by atoms with Crippen LogP contribution in [-0.2, 0) is 9.59 Å². The number of nitrogens with zero attached hydrogens (tertiary/aromatic N) is 2. The molecular formula is C17H22N4O3S. The maximum absolute atomic E-state index is 11.9. The smallest absolute Gasteiger partial charge is 0.277 e. The molecule has 2 rings (SSSR count). The molecule has 7 nitrogen and oxygen atoms in total. The Morgan fingerprint density at radius 2 is 1.88 bits per heavy atom. The molecule has 2 amide bonds. The summed E-state index contributed by atoms with van der Waals surface area (Å²) in [4.78, 5) is 23.5. The Hall–Kier alpha value is -2.35. The molecule has 0 bridgehead atoms. The zero-order valence-electron chi connectivity index (χ0n) is 14.8. The van der Waals surface area contributed by atoms with Gasteiger partial charge in [0.05, 0.1) is 5.75 Å². The van der Waals surface area contributed by atoms with Crippen LogP contribution in [-0.4, -0.2) is 40.4 Å². The van der Waals surface area contributed by atoms with Gasteiger partial charge in [-0.2, -0.15) is 0 Å². The van der Waals surface area contributed by atoms with Crippen LogP contribution in [0.25, 0.3) is 11.5 Å². The molecule has 0 unspecified atom stereocenters. The van der Waals surface area contributed by atoms with E-state index in [4.69, 9.17) is 4.42 Å². The lowest BCUT2D eigenvalue weighted by atomic mass is 10.1. The first kappa shape index (κ1) is 19.0. The largest absolute Gasteiger partial charge is 0.411 e. The van der Waals surface area contributed by atoms with Gasteiger partial charge in [0.1, 0.15) is 6.04 Å². The fourth-order valence-corrected chi connectivity index (χ4v) is 2.86. The monoisotopic (exact) mass is 362 g/mol. The molecule has 0 spiro atoms. The van der Waals surface area contributed by atoms with Gasteiger partial charge < -0.3 is 15.1 Å². The van der Waals surface area contributed by atoms with E-state index in [1.807, 2.05) is 32.9 Å². The number of aromatic nitrogens is 2. The second-order valence-electron chi connectivity index (χ2n) is 5.72. The number of amides is 2. The van der Waals surface area contributed by atoms with Gasteiger partial charge in [0.25, 0.3) is 5.22 Å². The average Bonchev–Trinajstić information content (AvgIpc) is 3.01. The number of hydrogen-bond donors (Lipinski definition) is 2. The van der Waals surface area contributed by atoms with Gasteiger partial charge >= 0.3 is 0 Å². The normalized spacial score (nSPS) is 11.8. The Labute approximate surface area is 151 Å². The summed E-state index contributed by atoms with van der Waals surface area (Å²) < 4.78 is 5.60. The van der Waals surface area contributed by atoms with Gasteiger partial charge in [-0.15, -0.1) is 10.2 Å².